The maximum Gasteiger partial charge on any atom is 0.144 e. The summed E-state index contributed by atoms with van der Waals surface area (Å²) in [5.41, 5.74) is 6.29. The molecule has 0 amide bonds. The molecule has 5 aromatic rings. The van der Waals surface area contributed by atoms with Gasteiger partial charge in [-0.25, -0.2) is 0 Å². The molecule has 0 aliphatic heterocycles. The van der Waals surface area contributed by atoms with Crippen LogP contribution in [0.1, 0.15) is 11.1 Å². The number of para-hydroxylation sites is 1. The molecule has 0 bridgehead atoms. The number of pyridine rings is 1. The molecule has 5 rings (SSSR count). The molecule has 25 heavy (non-hydrogen) atoms. The fourth-order valence-electron chi connectivity index (χ4n) is 3.50. The highest BCUT2D eigenvalue weighted by molar-refractivity contribution is 6.17. The minimum absolute atomic E-state index is 0.907. The second-order valence-corrected chi connectivity index (χ2v) is 6.60. The Bertz CT molecular complexity index is 1260. The number of rotatable bonds is 1. The summed E-state index contributed by atoms with van der Waals surface area (Å²) in [6.07, 6.45) is 1.93. The van der Waals surface area contributed by atoms with Gasteiger partial charge in [-0.15, -0.1) is 0 Å². The van der Waals surface area contributed by atoms with Gasteiger partial charge in [0.15, 0.2) is 0 Å². The summed E-state index contributed by atoms with van der Waals surface area (Å²) in [4.78, 5) is 4.63. The number of aryl methyl sites for hydroxylation is 2. The van der Waals surface area contributed by atoms with Crippen molar-refractivity contribution in [2.45, 2.75) is 13.8 Å². The monoisotopic (exact) mass is 323 g/mol. The molecule has 3 aromatic carbocycles. The summed E-state index contributed by atoms with van der Waals surface area (Å²) < 4.78 is 6.38. The highest BCUT2D eigenvalue weighted by Crippen LogP contribution is 2.38. The van der Waals surface area contributed by atoms with Gasteiger partial charge in [-0.3, -0.25) is 4.98 Å². The van der Waals surface area contributed by atoms with Gasteiger partial charge in [-0.2, -0.15) is 0 Å². The van der Waals surface area contributed by atoms with E-state index in [-0.39, 0.29) is 0 Å². The normalized spacial score (nSPS) is 11.6. The van der Waals surface area contributed by atoms with Crippen LogP contribution in [0.3, 0.4) is 0 Å². The first kappa shape index (κ1) is 14.2. The third-order valence-electron chi connectivity index (χ3n) is 5.04. The number of fused-ring (bicyclic) bond motifs is 5. The van der Waals surface area contributed by atoms with Crippen LogP contribution < -0.4 is 0 Å². The van der Waals surface area contributed by atoms with E-state index in [9.17, 15) is 0 Å². The Hall–Kier alpha value is -3.13. The fourth-order valence-corrected chi connectivity index (χ4v) is 3.50. The van der Waals surface area contributed by atoms with E-state index in [0.29, 0.717) is 0 Å². The molecule has 120 valence electrons. The van der Waals surface area contributed by atoms with E-state index in [1.165, 1.54) is 16.5 Å². The predicted molar refractivity (Wildman–Crippen MR) is 104 cm³/mol. The Morgan fingerprint density at radius 3 is 2.40 bits per heavy atom. The molecule has 0 fully saturated rings. The van der Waals surface area contributed by atoms with Crippen LogP contribution in [-0.2, 0) is 0 Å². The van der Waals surface area contributed by atoms with Gasteiger partial charge < -0.3 is 4.42 Å². The van der Waals surface area contributed by atoms with Gasteiger partial charge in [-0.05, 0) is 48.6 Å². The van der Waals surface area contributed by atoms with E-state index >= 15 is 0 Å². The molecule has 2 nitrogen and oxygen atoms in total. The Balaban J connectivity index is 1.89. The molecule has 2 heteroatoms. The average Bonchev–Trinajstić information content (AvgIpc) is 3.03. The first-order valence-electron chi connectivity index (χ1n) is 8.49. The number of nitrogens with zero attached hydrogens (tertiary/aromatic N) is 1. The van der Waals surface area contributed by atoms with E-state index in [0.717, 1.165) is 38.6 Å². The second kappa shape index (κ2) is 5.18. The number of hydrogen-bond donors (Lipinski definition) is 0. The zero-order valence-corrected chi connectivity index (χ0v) is 14.2. The van der Waals surface area contributed by atoms with Gasteiger partial charge in [0.2, 0.25) is 0 Å². The third kappa shape index (κ3) is 2.07. The summed E-state index contributed by atoms with van der Waals surface area (Å²) in [7, 11) is 0. The molecule has 0 atom stereocenters. The van der Waals surface area contributed by atoms with E-state index in [1.807, 2.05) is 6.20 Å². The molecule has 0 aliphatic rings. The third-order valence-corrected chi connectivity index (χ3v) is 5.04. The van der Waals surface area contributed by atoms with Crippen molar-refractivity contribution in [1.29, 1.82) is 0 Å². The molecule has 2 heterocycles. The number of furan rings is 1. The van der Waals surface area contributed by atoms with E-state index < -0.39 is 0 Å². The Kier molecular flexibility index (Phi) is 2.95. The highest BCUT2D eigenvalue weighted by Gasteiger charge is 2.14. The van der Waals surface area contributed by atoms with Crippen molar-refractivity contribution >= 4 is 32.7 Å². The molecular weight excluding hydrogens is 306 g/mol. The lowest BCUT2D eigenvalue weighted by molar-refractivity contribution is 0.673. The summed E-state index contributed by atoms with van der Waals surface area (Å²) in [6.45, 7) is 4.20. The molecule has 0 unspecified atom stereocenters. The van der Waals surface area contributed by atoms with Gasteiger partial charge in [0.1, 0.15) is 11.2 Å². The first-order valence-corrected chi connectivity index (χ1v) is 8.49. The Labute approximate surface area is 145 Å². The minimum atomic E-state index is 0.907. The zero-order chi connectivity index (χ0) is 17.0. The van der Waals surface area contributed by atoms with Gasteiger partial charge in [-0.1, -0.05) is 42.5 Å². The number of hydrogen-bond acceptors (Lipinski definition) is 2. The maximum absolute atomic E-state index is 6.38. The standard InChI is InChI=1S/C23H17NO/c1-14-12-21(24-13-15(14)2)20-9-5-8-18-19-11-10-16-6-3-4-7-17(16)22(19)25-23(18)20/h3-13H,1-2H3. The molecule has 0 saturated heterocycles. The van der Waals surface area contributed by atoms with Crippen molar-refractivity contribution in [2.24, 2.45) is 0 Å². The van der Waals surface area contributed by atoms with Gasteiger partial charge in [0.25, 0.3) is 0 Å². The van der Waals surface area contributed by atoms with Crippen LogP contribution in [0.15, 0.2) is 71.3 Å². The maximum atomic E-state index is 6.38. The summed E-state index contributed by atoms with van der Waals surface area (Å²) in [5, 5.41) is 4.63. The summed E-state index contributed by atoms with van der Waals surface area (Å²) in [5.74, 6) is 0. The quantitative estimate of drug-likeness (QED) is 0.356. The van der Waals surface area contributed by atoms with Crippen molar-refractivity contribution in [1.82, 2.24) is 4.98 Å². The topological polar surface area (TPSA) is 26.0 Å². The molecule has 0 spiro atoms. The Morgan fingerprint density at radius 2 is 1.52 bits per heavy atom. The SMILES string of the molecule is Cc1cnc(-c2cccc3c2oc2c4ccccc4ccc32)cc1C. The van der Waals surface area contributed by atoms with E-state index in [1.54, 1.807) is 0 Å². The smallest absolute Gasteiger partial charge is 0.144 e. The molecular formula is C23H17NO. The van der Waals surface area contributed by atoms with Crippen LogP contribution in [0.2, 0.25) is 0 Å². The fraction of sp³-hybridized carbons (Fsp3) is 0.0870. The molecule has 0 saturated carbocycles. The van der Waals surface area contributed by atoms with Crippen LogP contribution in [0.25, 0.3) is 44.0 Å². The lowest BCUT2D eigenvalue weighted by Crippen LogP contribution is -1.88. The van der Waals surface area contributed by atoms with Gasteiger partial charge >= 0.3 is 0 Å². The van der Waals surface area contributed by atoms with Crippen molar-refractivity contribution < 1.29 is 4.42 Å². The van der Waals surface area contributed by atoms with Crippen LogP contribution in [0.5, 0.6) is 0 Å². The number of benzene rings is 3. The lowest BCUT2D eigenvalue weighted by atomic mass is 10.0. The second-order valence-electron chi connectivity index (χ2n) is 6.60. The lowest BCUT2D eigenvalue weighted by Gasteiger charge is -2.05. The van der Waals surface area contributed by atoms with Crippen molar-refractivity contribution in [3.63, 3.8) is 0 Å². The largest absolute Gasteiger partial charge is 0.455 e. The van der Waals surface area contributed by atoms with Crippen LogP contribution >= 0.6 is 0 Å². The van der Waals surface area contributed by atoms with Crippen LogP contribution in [0, 0.1) is 13.8 Å². The summed E-state index contributed by atoms with van der Waals surface area (Å²) >= 11 is 0. The van der Waals surface area contributed by atoms with Gasteiger partial charge in [0.05, 0.1) is 5.69 Å². The molecule has 0 radical (unpaired) electrons. The van der Waals surface area contributed by atoms with Crippen LogP contribution in [0.4, 0.5) is 0 Å². The highest BCUT2D eigenvalue weighted by atomic mass is 16.3. The van der Waals surface area contributed by atoms with E-state index in [4.69, 9.17) is 4.42 Å². The first-order chi connectivity index (χ1) is 12.2. The zero-order valence-electron chi connectivity index (χ0n) is 14.2. The van der Waals surface area contributed by atoms with Crippen molar-refractivity contribution in [3.8, 4) is 11.3 Å². The van der Waals surface area contributed by atoms with Crippen molar-refractivity contribution in [3.05, 3.63) is 78.0 Å². The van der Waals surface area contributed by atoms with Crippen molar-refractivity contribution in [2.75, 3.05) is 0 Å². The van der Waals surface area contributed by atoms with E-state index in [2.05, 4.69) is 79.5 Å². The molecule has 2 aromatic heterocycles. The molecule has 0 aliphatic carbocycles. The number of aromatic nitrogens is 1. The molecule has 0 N–H and O–H groups in total. The summed E-state index contributed by atoms with van der Waals surface area (Å²) in [6, 6.07) is 21.1. The van der Waals surface area contributed by atoms with Gasteiger partial charge in [0, 0.05) is 27.9 Å². The average molecular weight is 323 g/mol. The predicted octanol–water partition coefficient (Wildman–Crippen LogP) is 6.42. The Morgan fingerprint density at radius 1 is 0.720 bits per heavy atom. The van der Waals surface area contributed by atoms with Crippen LogP contribution in [-0.4, -0.2) is 4.98 Å². The minimum Gasteiger partial charge on any atom is -0.455 e.